The van der Waals surface area contributed by atoms with Gasteiger partial charge >= 0.3 is 11.9 Å². The summed E-state index contributed by atoms with van der Waals surface area (Å²) in [6, 6.07) is 5.83. The van der Waals surface area contributed by atoms with Crippen molar-refractivity contribution in [2.45, 2.75) is 25.6 Å². The highest BCUT2D eigenvalue weighted by molar-refractivity contribution is 7.92. The van der Waals surface area contributed by atoms with Gasteiger partial charge in [0.15, 0.2) is 0 Å². The van der Waals surface area contributed by atoms with Crippen LogP contribution in [0, 0.1) is 0 Å². The minimum absolute atomic E-state index is 0.149. The van der Waals surface area contributed by atoms with Gasteiger partial charge in [-0.15, -0.1) is 0 Å². The molecule has 8 heteroatoms. The zero-order valence-electron chi connectivity index (χ0n) is 11.5. The van der Waals surface area contributed by atoms with E-state index >= 15 is 0 Å². The van der Waals surface area contributed by atoms with Gasteiger partial charge in [0, 0.05) is 12.1 Å². The summed E-state index contributed by atoms with van der Waals surface area (Å²) in [5.41, 5.74) is 0.394. The van der Waals surface area contributed by atoms with E-state index in [9.17, 15) is 18.0 Å². The van der Waals surface area contributed by atoms with Crippen LogP contribution in [0.15, 0.2) is 24.3 Å². The summed E-state index contributed by atoms with van der Waals surface area (Å²) in [6.07, 6.45) is 0.118. The molecule has 1 fully saturated rings. The molecule has 0 aromatic heterocycles. The second kappa shape index (κ2) is 5.72. The highest BCUT2D eigenvalue weighted by Crippen LogP contribution is 2.20. The lowest BCUT2D eigenvalue weighted by Crippen LogP contribution is -2.22. The molecule has 0 spiro atoms. The van der Waals surface area contributed by atoms with E-state index in [1.165, 1.54) is 24.3 Å². The summed E-state index contributed by atoms with van der Waals surface area (Å²) >= 11 is 0. The molecule has 1 aromatic rings. The van der Waals surface area contributed by atoms with Crippen LogP contribution in [0.4, 0.5) is 5.69 Å². The largest absolute Gasteiger partial charge is 0.460 e. The average Bonchev–Trinajstić information content (AvgIpc) is 2.66. The number of sulfonamides is 1. The van der Waals surface area contributed by atoms with E-state index in [4.69, 9.17) is 9.47 Å². The van der Waals surface area contributed by atoms with Crippen LogP contribution in [-0.4, -0.2) is 38.8 Å². The fourth-order valence-corrected chi connectivity index (χ4v) is 2.49. The van der Waals surface area contributed by atoms with Crippen LogP contribution in [0.25, 0.3) is 0 Å². The number of ether oxygens (including phenoxy) is 2. The molecule has 1 N–H and O–H groups in total. The zero-order chi connectivity index (χ0) is 15.6. The first kappa shape index (κ1) is 15.3. The summed E-state index contributed by atoms with van der Waals surface area (Å²) in [5, 5.41) is 0. The lowest BCUT2D eigenvalue weighted by molar-refractivity contribution is -0.147. The van der Waals surface area contributed by atoms with Crippen molar-refractivity contribution in [3.63, 3.8) is 0 Å². The van der Waals surface area contributed by atoms with Crippen molar-refractivity contribution in [2.24, 2.45) is 0 Å². The van der Waals surface area contributed by atoms with Crippen LogP contribution in [0.5, 0.6) is 0 Å². The van der Waals surface area contributed by atoms with Crippen molar-refractivity contribution >= 4 is 27.6 Å². The molecule has 1 heterocycles. The first-order valence-corrected chi connectivity index (χ1v) is 8.13. The predicted octanol–water partition coefficient (Wildman–Crippen LogP) is 0.919. The van der Waals surface area contributed by atoms with E-state index in [-0.39, 0.29) is 17.4 Å². The maximum Gasteiger partial charge on any atom is 0.347 e. The quantitative estimate of drug-likeness (QED) is 0.830. The van der Waals surface area contributed by atoms with E-state index < -0.39 is 28.1 Å². The molecule has 0 radical (unpaired) electrons. The summed E-state index contributed by atoms with van der Waals surface area (Å²) in [6.45, 7) is 1.71. The molecular weight excluding hydrogens is 298 g/mol. The van der Waals surface area contributed by atoms with E-state index in [0.29, 0.717) is 6.42 Å². The fourth-order valence-electron chi connectivity index (χ4n) is 1.94. The third-order valence-electron chi connectivity index (χ3n) is 2.78. The number of benzene rings is 1. The van der Waals surface area contributed by atoms with Crippen molar-refractivity contribution in [1.29, 1.82) is 0 Å². The Morgan fingerprint density at radius 2 is 2.14 bits per heavy atom. The van der Waals surface area contributed by atoms with Gasteiger partial charge in [0.05, 0.1) is 11.8 Å². The van der Waals surface area contributed by atoms with Crippen molar-refractivity contribution in [3.05, 3.63) is 29.8 Å². The van der Waals surface area contributed by atoms with Crippen LogP contribution in [0.2, 0.25) is 0 Å². The van der Waals surface area contributed by atoms with E-state index in [1.54, 1.807) is 6.92 Å². The molecule has 1 saturated heterocycles. The number of hydrogen-bond donors (Lipinski definition) is 1. The molecule has 2 rings (SSSR count). The Balaban J connectivity index is 2.09. The maximum absolute atomic E-state index is 12.0. The third kappa shape index (κ3) is 4.19. The Morgan fingerprint density at radius 1 is 1.43 bits per heavy atom. The molecule has 114 valence electrons. The van der Waals surface area contributed by atoms with Crippen LogP contribution in [0.3, 0.4) is 0 Å². The summed E-state index contributed by atoms with van der Waals surface area (Å²) in [4.78, 5) is 23.4. The number of anilines is 1. The van der Waals surface area contributed by atoms with E-state index in [2.05, 4.69) is 4.72 Å². The Morgan fingerprint density at radius 3 is 2.71 bits per heavy atom. The smallest absolute Gasteiger partial charge is 0.347 e. The zero-order valence-corrected chi connectivity index (χ0v) is 12.3. The highest BCUT2D eigenvalue weighted by Gasteiger charge is 2.35. The second-order valence-corrected chi connectivity index (χ2v) is 6.58. The normalized spacial score (nSPS) is 21.7. The molecule has 0 unspecified atom stereocenters. The molecule has 0 aliphatic carbocycles. The summed E-state index contributed by atoms with van der Waals surface area (Å²) in [7, 11) is -3.43. The number of carbonyl (C=O) groups excluding carboxylic acids is 2. The van der Waals surface area contributed by atoms with Gasteiger partial charge in [-0.3, -0.25) is 4.72 Å². The molecule has 0 saturated carbocycles. The van der Waals surface area contributed by atoms with Gasteiger partial charge in [0.25, 0.3) is 0 Å². The predicted molar refractivity (Wildman–Crippen MR) is 74.3 cm³/mol. The Hall–Kier alpha value is -2.09. The van der Waals surface area contributed by atoms with Crippen LogP contribution < -0.4 is 4.72 Å². The number of carbonyl (C=O) groups is 2. The molecule has 1 aliphatic rings. The standard InChI is InChI=1S/C13H15NO6S/c1-8-6-11(13(16)19-8)20-12(15)9-4-3-5-10(7-9)14-21(2,17)18/h3-5,7-8,11,14H,6H2,1-2H3/t8-,11+/m0/s1. The van der Waals surface area contributed by atoms with Crippen molar-refractivity contribution in [2.75, 3.05) is 11.0 Å². The number of rotatable bonds is 4. The first-order chi connectivity index (χ1) is 9.74. The van der Waals surface area contributed by atoms with Crippen LogP contribution in [-0.2, 0) is 24.3 Å². The minimum Gasteiger partial charge on any atom is -0.460 e. The molecule has 2 atom stereocenters. The van der Waals surface area contributed by atoms with Gasteiger partial charge in [0.2, 0.25) is 16.1 Å². The van der Waals surface area contributed by atoms with Crippen molar-refractivity contribution in [3.8, 4) is 0 Å². The molecule has 1 aliphatic heterocycles. The molecular formula is C13H15NO6S. The highest BCUT2D eigenvalue weighted by atomic mass is 32.2. The van der Waals surface area contributed by atoms with Crippen LogP contribution in [0.1, 0.15) is 23.7 Å². The first-order valence-electron chi connectivity index (χ1n) is 6.24. The molecule has 7 nitrogen and oxygen atoms in total. The van der Waals surface area contributed by atoms with Crippen LogP contribution >= 0.6 is 0 Å². The Kier molecular flexibility index (Phi) is 4.17. The van der Waals surface area contributed by atoms with Gasteiger partial charge in [-0.1, -0.05) is 6.07 Å². The van der Waals surface area contributed by atoms with Gasteiger partial charge in [-0.2, -0.15) is 0 Å². The van der Waals surface area contributed by atoms with E-state index in [0.717, 1.165) is 6.26 Å². The molecule has 0 bridgehead atoms. The second-order valence-electron chi connectivity index (χ2n) is 4.83. The number of hydrogen-bond acceptors (Lipinski definition) is 6. The van der Waals surface area contributed by atoms with Gasteiger partial charge < -0.3 is 9.47 Å². The Bertz CT molecular complexity index is 669. The average molecular weight is 313 g/mol. The van der Waals surface area contributed by atoms with Crippen molar-refractivity contribution in [1.82, 2.24) is 0 Å². The molecule has 0 amide bonds. The van der Waals surface area contributed by atoms with Gasteiger partial charge in [-0.05, 0) is 25.1 Å². The SMILES string of the molecule is C[C@H]1C[C@@H](OC(=O)c2cccc(NS(C)(=O)=O)c2)C(=O)O1. The molecule has 21 heavy (non-hydrogen) atoms. The fraction of sp³-hybridized carbons (Fsp3) is 0.385. The summed E-state index contributed by atoms with van der Waals surface area (Å²) in [5.74, 6) is -1.27. The number of esters is 2. The molecule has 1 aromatic carbocycles. The van der Waals surface area contributed by atoms with Gasteiger partial charge in [0.1, 0.15) is 6.10 Å². The number of cyclic esters (lactones) is 1. The maximum atomic E-state index is 12.0. The summed E-state index contributed by atoms with van der Waals surface area (Å²) < 4.78 is 34.5. The Labute approximate surface area is 122 Å². The van der Waals surface area contributed by atoms with Crippen molar-refractivity contribution < 1.29 is 27.5 Å². The monoisotopic (exact) mass is 313 g/mol. The lowest BCUT2D eigenvalue weighted by atomic mass is 10.2. The lowest BCUT2D eigenvalue weighted by Gasteiger charge is -2.09. The van der Waals surface area contributed by atoms with Gasteiger partial charge in [-0.25, -0.2) is 18.0 Å². The third-order valence-corrected chi connectivity index (χ3v) is 3.38. The number of nitrogens with one attached hydrogen (secondary N) is 1. The topological polar surface area (TPSA) is 98.8 Å². The van der Waals surface area contributed by atoms with E-state index in [1.807, 2.05) is 0 Å². The minimum atomic E-state index is -3.43.